The topological polar surface area (TPSA) is 30.5 Å². The molecular weight excluding hydrogens is 405 g/mol. The van der Waals surface area contributed by atoms with Gasteiger partial charge in [0.15, 0.2) is 11.5 Å². The first kappa shape index (κ1) is 21.4. The van der Waals surface area contributed by atoms with Crippen LogP contribution in [0.2, 0.25) is 10.0 Å². The number of aryl methyl sites for hydroxylation is 2. The molecule has 0 amide bonds. The third-order valence-electron chi connectivity index (χ3n) is 4.69. The molecule has 0 radical (unpaired) electrons. The van der Waals surface area contributed by atoms with Crippen molar-refractivity contribution in [3.05, 3.63) is 86.9 Å². The molecule has 0 heterocycles. The predicted octanol–water partition coefficient (Wildman–Crippen LogP) is 7.20. The van der Waals surface area contributed by atoms with Gasteiger partial charge in [0.25, 0.3) is 0 Å². The molecule has 0 aromatic heterocycles. The van der Waals surface area contributed by atoms with Gasteiger partial charge in [-0.1, -0.05) is 41.4 Å². The molecule has 0 bridgehead atoms. The normalized spacial score (nSPS) is 10.7. The van der Waals surface area contributed by atoms with E-state index in [1.54, 1.807) is 0 Å². The van der Waals surface area contributed by atoms with Crippen molar-refractivity contribution in [2.75, 3.05) is 11.9 Å². The van der Waals surface area contributed by atoms with Crippen LogP contribution < -0.4 is 14.8 Å². The summed E-state index contributed by atoms with van der Waals surface area (Å²) >= 11 is 12.6. The predicted molar refractivity (Wildman–Crippen MR) is 122 cm³/mol. The number of benzene rings is 3. The van der Waals surface area contributed by atoms with Crippen molar-refractivity contribution < 1.29 is 9.47 Å². The van der Waals surface area contributed by atoms with Gasteiger partial charge in [-0.25, -0.2) is 0 Å². The number of anilines is 1. The Bertz CT molecular complexity index is 989. The van der Waals surface area contributed by atoms with Crippen LogP contribution in [0, 0.1) is 13.8 Å². The van der Waals surface area contributed by atoms with Gasteiger partial charge >= 0.3 is 0 Å². The van der Waals surface area contributed by atoms with E-state index in [0.29, 0.717) is 41.3 Å². The molecule has 3 rings (SSSR count). The summed E-state index contributed by atoms with van der Waals surface area (Å²) in [4.78, 5) is 0. The highest BCUT2D eigenvalue weighted by atomic mass is 35.5. The zero-order chi connectivity index (χ0) is 20.8. The lowest BCUT2D eigenvalue weighted by molar-refractivity contribution is 0.269. The van der Waals surface area contributed by atoms with Crippen LogP contribution in [-0.2, 0) is 13.2 Å². The van der Waals surface area contributed by atoms with Crippen molar-refractivity contribution in [2.45, 2.75) is 33.9 Å². The minimum absolute atomic E-state index is 0.386. The van der Waals surface area contributed by atoms with E-state index in [1.165, 1.54) is 11.1 Å². The average Bonchev–Trinajstić information content (AvgIpc) is 2.69. The Morgan fingerprint density at radius 3 is 2.38 bits per heavy atom. The summed E-state index contributed by atoms with van der Waals surface area (Å²) in [5.41, 5.74) is 5.51. The highest BCUT2D eigenvalue weighted by Gasteiger charge is 2.12. The van der Waals surface area contributed by atoms with Gasteiger partial charge in [-0.15, -0.1) is 0 Å². The molecule has 0 aliphatic heterocycles. The first-order valence-electron chi connectivity index (χ1n) is 9.60. The zero-order valence-electron chi connectivity index (χ0n) is 16.9. The summed E-state index contributed by atoms with van der Waals surface area (Å²) in [5, 5.41) is 4.74. The molecule has 0 fully saturated rings. The molecule has 3 aromatic rings. The number of ether oxygens (including phenoxy) is 2. The summed E-state index contributed by atoms with van der Waals surface area (Å²) in [6.45, 7) is 7.67. The van der Waals surface area contributed by atoms with Crippen molar-refractivity contribution in [3.8, 4) is 11.5 Å². The van der Waals surface area contributed by atoms with Gasteiger partial charge in [-0.2, -0.15) is 0 Å². The fraction of sp³-hybridized carbons (Fsp3) is 0.250. The van der Waals surface area contributed by atoms with Crippen LogP contribution in [0.4, 0.5) is 5.69 Å². The van der Waals surface area contributed by atoms with Gasteiger partial charge < -0.3 is 14.8 Å². The molecule has 0 aliphatic carbocycles. The first-order valence-corrected chi connectivity index (χ1v) is 10.4. The minimum Gasteiger partial charge on any atom is -0.490 e. The van der Waals surface area contributed by atoms with Crippen LogP contribution in [0.1, 0.15) is 29.2 Å². The van der Waals surface area contributed by atoms with E-state index in [-0.39, 0.29) is 0 Å². The minimum atomic E-state index is 0.386. The second-order valence-electron chi connectivity index (χ2n) is 6.89. The van der Waals surface area contributed by atoms with Crippen molar-refractivity contribution in [3.63, 3.8) is 0 Å². The van der Waals surface area contributed by atoms with E-state index in [1.807, 2.05) is 43.3 Å². The lowest BCUT2D eigenvalue weighted by Gasteiger charge is -2.16. The molecule has 0 unspecified atom stereocenters. The molecule has 5 heteroatoms. The Hall–Kier alpha value is -2.36. The molecule has 152 valence electrons. The van der Waals surface area contributed by atoms with Gasteiger partial charge in [0.2, 0.25) is 0 Å². The molecule has 0 atom stereocenters. The van der Waals surface area contributed by atoms with Crippen LogP contribution in [0.25, 0.3) is 0 Å². The highest BCUT2D eigenvalue weighted by Crippen LogP contribution is 2.35. The molecule has 29 heavy (non-hydrogen) atoms. The maximum absolute atomic E-state index is 6.53. The van der Waals surface area contributed by atoms with Gasteiger partial charge in [0.05, 0.1) is 6.61 Å². The molecular formula is C24H25Cl2NO2. The van der Waals surface area contributed by atoms with Gasteiger partial charge in [0, 0.05) is 28.3 Å². The summed E-state index contributed by atoms with van der Waals surface area (Å²) in [6, 6.07) is 17.7. The second kappa shape index (κ2) is 9.91. The average molecular weight is 430 g/mol. The fourth-order valence-corrected chi connectivity index (χ4v) is 3.36. The third-order valence-corrected chi connectivity index (χ3v) is 5.27. The number of hydrogen-bond donors (Lipinski definition) is 1. The van der Waals surface area contributed by atoms with E-state index in [0.717, 1.165) is 16.8 Å². The number of hydrogen-bond acceptors (Lipinski definition) is 3. The smallest absolute Gasteiger partial charge is 0.163 e. The van der Waals surface area contributed by atoms with Crippen LogP contribution in [0.3, 0.4) is 0 Å². The quantitative estimate of drug-likeness (QED) is 0.410. The summed E-state index contributed by atoms with van der Waals surface area (Å²) < 4.78 is 11.8. The van der Waals surface area contributed by atoms with E-state index in [2.05, 4.69) is 37.4 Å². The van der Waals surface area contributed by atoms with Crippen molar-refractivity contribution in [1.29, 1.82) is 0 Å². The van der Waals surface area contributed by atoms with Crippen molar-refractivity contribution >= 4 is 28.9 Å². The lowest BCUT2D eigenvalue weighted by Crippen LogP contribution is -2.04. The van der Waals surface area contributed by atoms with Crippen LogP contribution in [-0.4, -0.2) is 6.61 Å². The Morgan fingerprint density at radius 2 is 1.66 bits per heavy atom. The van der Waals surface area contributed by atoms with Gasteiger partial charge in [-0.3, -0.25) is 0 Å². The number of halogens is 2. The van der Waals surface area contributed by atoms with E-state index in [9.17, 15) is 0 Å². The maximum Gasteiger partial charge on any atom is 0.163 e. The Balaban J connectivity index is 1.75. The maximum atomic E-state index is 6.53. The summed E-state index contributed by atoms with van der Waals surface area (Å²) in [7, 11) is 0. The fourth-order valence-electron chi connectivity index (χ4n) is 2.93. The highest BCUT2D eigenvalue weighted by molar-refractivity contribution is 6.31. The monoisotopic (exact) mass is 429 g/mol. The Kier molecular flexibility index (Phi) is 7.29. The third kappa shape index (κ3) is 5.81. The molecule has 3 nitrogen and oxygen atoms in total. The molecule has 0 saturated carbocycles. The molecule has 0 saturated heterocycles. The van der Waals surface area contributed by atoms with Crippen LogP contribution in [0.5, 0.6) is 11.5 Å². The Labute approximate surface area is 182 Å². The van der Waals surface area contributed by atoms with Crippen molar-refractivity contribution in [1.82, 2.24) is 0 Å². The standard InChI is InChI=1S/C24H25Cl2NO2/c1-4-28-23-12-19(14-27-21-9-8-16(2)17(3)10-21)22(26)13-24(23)29-15-18-6-5-7-20(25)11-18/h5-13,27H,4,14-15H2,1-3H3. The number of rotatable bonds is 8. The van der Waals surface area contributed by atoms with E-state index >= 15 is 0 Å². The zero-order valence-corrected chi connectivity index (χ0v) is 18.4. The largest absolute Gasteiger partial charge is 0.490 e. The van der Waals surface area contributed by atoms with Crippen LogP contribution in [0.15, 0.2) is 54.6 Å². The van der Waals surface area contributed by atoms with E-state index < -0.39 is 0 Å². The molecule has 0 aliphatic rings. The second-order valence-corrected chi connectivity index (χ2v) is 7.74. The molecule has 0 spiro atoms. The number of nitrogens with one attached hydrogen (secondary N) is 1. The SMILES string of the molecule is CCOc1cc(CNc2ccc(C)c(C)c2)c(Cl)cc1OCc1cccc(Cl)c1. The van der Waals surface area contributed by atoms with Gasteiger partial charge in [-0.05, 0) is 73.4 Å². The first-order chi connectivity index (χ1) is 14.0. The lowest BCUT2D eigenvalue weighted by atomic mass is 10.1. The molecule has 1 N–H and O–H groups in total. The van der Waals surface area contributed by atoms with E-state index in [4.69, 9.17) is 32.7 Å². The molecule has 3 aromatic carbocycles. The van der Waals surface area contributed by atoms with Crippen LogP contribution >= 0.6 is 23.2 Å². The Morgan fingerprint density at radius 1 is 0.862 bits per heavy atom. The van der Waals surface area contributed by atoms with Crippen molar-refractivity contribution in [2.24, 2.45) is 0 Å². The summed E-state index contributed by atoms with van der Waals surface area (Å²) in [5.74, 6) is 1.29. The van der Waals surface area contributed by atoms with Gasteiger partial charge in [0.1, 0.15) is 6.61 Å². The summed E-state index contributed by atoms with van der Waals surface area (Å²) in [6.07, 6.45) is 0.